The summed E-state index contributed by atoms with van der Waals surface area (Å²) in [5.41, 5.74) is 6.32. The first-order chi connectivity index (χ1) is 15.2. The molecule has 2 aromatic rings. The molecule has 0 radical (unpaired) electrons. The van der Waals surface area contributed by atoms with Crippen LogP contribution in [0.15, 0.2) is 34.1 Å². The number of carbonyl (C=O) groups is 3. The van der Waals surface area contributed by atoms with Crippen LogP contribution in [0.5, 0.6) is 0 Å². The van der Waals surface area contributed by atoms with Crippen LogP contribution in [0, 0.1) is 0 Å². The molecule has 3 rings (SSSR count). The number of fused-ring (bicyclic) bond motifs is 1. The second kappa shape index (κ2) is 9.73. The lowest BCUT2D eigenvalue weighted by atomic mass is 10.1. The van der Waals surface area contributed by atoms with Crippen molar-refractivity contribution in [3.05, 3.63) is 40.2 Å². The van der Waals surface area contributed by atoms with Crippen LogP contribution in [-0.4, -0.2) is 57.6 Å². The molecule has 2 heterocycles. The van der Waals surface area contributed by atoms with Crippen LogP contribution in [0.25, 0.3) is 0 Å². The number of aliphatic carboxylic acids is 1. The van der Waals surface area contributed by atoms with Crippen molar-refractivity contribution in [2.75, 3.05) is 22.9 Å². The predicted octanol–water partition coefficient (Wildman–Crippen LogP) is 0.513. The molecule has 168 valence electrons. The first kappa shape index (κ1) is 22.5. The van der Waals surface area contributed by atoms with E-state index in [1.54, 1.807) is 30.5 Å². The number of aromatic nitrogens is 2. The van der Waals surface area contributed by atoms with E-state index < -0.39 is 23.5 Å². The highest BCUT2D eigenvalue weighted by Gasteiger charge is 2.21. The number of aliphatic imine (C=N–C) groups is 1. The fourth-order valence-corrected chi connectivity index (χ4v) is 3.00. The third-order valence-corrected chi connectivity index (χ3v) is 4.69. The number of H-pyrrole nitrogens is 1. The van der Waals surface area contributed by atoms with Crippen molar-refractivity contribution >= 4 is 47.0 Å². The number of nitrogen functional groups attached to an aromatic ring is 1. The Morgan fingerprint density at radius 1 is 1.25 bits per heavy atom. The van der Waals surface area contributed by atoms with Gasteiger partial charge in [-0.25, -0.2) is 9.79 Å². The largest absolute Gasteiger partial charge is 0.480 e. The van der Waals surface area contributed by atoms with E-state index in [1.165, 1.54) is 6.92 Å². The van der Waals surface area contributed by atoms with Crippen molar-refractivity contribution in [2.45, 2.75) is 31.8 Å². The molecular weight excluding hydrogens is 418 g/mol. The van der Waals surface area contributed by atoms with Crippen molar-refractivity contribution in [3.8, 4) is 0 Å². The molecule has 12 nitrogen and oxygen atoms in total. The van der Waals surface area contributed by atoms with Gasteiger partial charge in [0.25, 0.3) is 11.5 Å². The van der Waals surface area contributed by atoms with Gasteiger partial charge in [-0.15, -0.1) is 0 Å². The number of Topliss-reactive ketones (excluding diaryl/α,β-unsaturated/α-hetero) is 1. The molecule has 7 N–H and O–H groups in total. The smallest absolute Gasteiger partial charge is 0.326 e. The maximum absolute atomic E-state index is 12.3. The number of amides is 1. The molecular formula is C20H23N7O5. The van der Waals surface area contributed by atoms with Gasteiger partial charge in [0.1, 0.15) is 17.5 Å². The van der Waals surface area contributed by atoms with E-state index in [0.717, 1.165) is 0 Å². The Labute approximate surface area is 182 Å². The molecule has 0 saturated carbocycles. The average Bonchev–Trinajstić information content (AvgIpc) is 2.75. The lowest BCUT2D eigenvalue weighted by Crippen LogP contribution is -2.41. The number of rotatable bonds is 9. The number of hydrogen-bond donors (Lipinski definition) is 6. The van der Waals surface area contributed by atoms with Crippen LogP contribution in [-0.2, 0) is 9.59 Å². The highest BCUT2D eigenvalue weighted by Crippen LogP contribution is 2.22. The number of carboxylic acid groups (broad SMARTS) is 1. The Kier molecular flexibility index (Phi) is 6.83. The van der Waals surface area contributed by atoms with E-state index in [1.807, 2.05) is 0 Å². The van der Waals surface area contributed by atoms with Crippen molar-refractivity contribution < 1.29 is 19.5 Å². The van der Waals surface area contributed by atoms with E-state index in [-0.39, 0.29) is 47.7 Å². The number of benzene rings is 1. The number of anilines is 3. The minimum atomic E-state index is -1.20. The summed E-state index contributed by atoms with van der Waals surface area (Å²) in [6.07, 6.45) is 1.70. The van der Waals surface area contributed by atoms with Crippen LogP contribution >= 0.6 is 0 Å². The second-order valence-electron chi connectivity index (χ2n) is 7.24. The quantitative estimate of drug-likeness (QED) is 0.322. The van der Waals surface area contributed by atoms with Gasteiger partial charge >= 0.3 is 5.97 Å². The summed E-state index contributed by atoms with van der Waals surface area (Å²) < 4.78 is 0. The molecule has 32 heavy (non-hydrogen) atoms. The topological polar surface area (TPSA) is 192 Å². The number of carboxylic acids is 1. The molecule has 0 bridgehead atoms. The second-order valence-corrected chi connectivity index (χ2v) is 7.24. The molecule has 1 aliphatic heterocycles. The number of nitrogens with two attached hydrogens (primary N) is 1. The molecule has 1 aliphatic rings. The monoisotopic (exact) mass is 441 g/mol. The van der Waals surface area contributed by atoms with Gasteiger partial charge in [0.2, 0.25) is 5.95 Å². The predicted molar refractivity (Wildman–Crippen MR) is 119 cm³/mol. The van der Waals surface area contributed by atoms with Gasteiger partial charge in [-0.2, -0.15) is 4.98 Å². The van der Waals surface area contributed by atoms with E-state index >= 15 is 0 Å². The summed E-state index contributed by atoms with van der Waals surface area (Å²) in [6, 6.07) is 5.02. The Balaban J connectivity index is 1.56. The van der Waals surface area contributed by atoms with Gasteiger partial charge in [0, 0.05) is 30.4 Å². The molecule has 12 heteroatoms. The standard InChI is InChI=1S/C20H23N7O5/c1-10(28)2-7-14(19(31)32)25-17(29)11-3-5-12(6-4-11)22-8-13-9-23-16-15(24-13)18(30)27-20(21)26-16/h3-6,9,13-14,22,24H,2,7-8H2,1H3,(H,25,29)(H,31,32)(H3,21,26,27,30)/t13?,14-/m0/s1. The number of ketones is 1. The normalized spacial score (nSPS) is 15.2. The highest BCUT2D eigenvalue weighted by atomic mass is 16.4. The number of nitrogens with one attached hydrogen (secondary N) is 4. The van der Waals surface area contributed by atoms with E-state index in [4.69, 9.17) is 5.73 Å². The third-order valence-electron chi connectivity index (χ3n) is 4.69. The molecule has 0 aliphatic carbocycles. The van der Waals surface area contributed by atoms with Crippen LogP contribution in [0.4, 0.5) is 23.1 Å². The fraction of sp³-hybridized carbons (Fsp3) is 0.300. The maximum Gasteiger partial charge on any atom is 0.326 e. The lowest BCUT2D eigenvalue weighted by molar-refractivity contribution is -0.139. The minimum Gasteiger partial charge on any atom is -0.480 e. The zero-order chi connectivity index (χ0) is 23.3. The van der Waals surface area contributed by atoms with E-state index in [0.29, 0.717) is 12.2 Å². The van der Waals surface area contributed by atoms with Crippen molar-refractivity contribution in [2.24, 2.45) is 4.99 Å². The summed E-state index contributed by atoms with van der Waals surface area (Å²) in [5.74, 6) is -1.68. The van der Waals surface area contributed by atoms with Crippen LogP contribution in [0.3, 0.4) is 0 Å². The summed E-state index contributed by atoms with van der Waals surface area (Å²) in [7, 11) is 0. The third kappa shape index (κ3) is 5.68. The Morgan fingerprint density at radius 2 is 1.97 bits per heavy atom. The van der Waals surface area contributed by atoms with Crippen molar-refractivity contribution in [1.29, 1.82) is 0 Å². The lowest BCUT2D eigenvalue weighted by Gasteiger charge is -2.21. The SMILES string of the molecule is CC(=O)CC[C@H](NC(=O)c1ccc(NCC2C=Nc3nc(N)[nH]c(=O)c3N2)cc1)C(=O)O. The Bertz CT molecular complexity index is 1110. The number of nitrogens with zero attached hydrogens (tertiary/aromatic N) is 2. The van der Waals surface area contributed by atoms with Crippen molar-refractivity contribution in [1.82, 2.24) is 15.3 Å². The van der Waals surface area contributed by atoms with Gasteiger partial charge in [-0.3, -0.25) is 14.6 Å². The number of aromatic amines is 1. The van der Waals surface area contributed by atoms with Crippen molar-refractivity contribution in [3.63, 3.8) is 0 Å². The first-order valence-electron chi connectivity index (χ1n) is 9.80. The van der Waals surface area contributed by atoms with Crippen LogP contribution in [0.1, 0.15) is 30.1 Å². The van der Waals surface area contributed by atoms with Gasteiger partial charge < -0.3 is 31.6 Å². The van der Waals surface area contributed by atoms with E-state index in [9.17, 15) is 24.3 Å². The Morgan fingerprint density at radius 3 is 2.62 bits per heavy atom. The van der Waals surface area contributed by atoms with E-state index in [2.05, 4.69) is 30.9 Å². The van der Waals surface area contributed by atoms with Crippen LogP contribution < -0.4 is 27.2 Å². The van der Waals surface area contributed by atoms with Gasteiger partial charge in [0.15, 0.2) is 5.82 Å². The summed E-state index contributed by atoms with van der Waals surface area (Å²) in [6.45, 7) is 1.76. The maximum atomic E-state index is 12.3. The molecule has 1 aromatic heterocycles. The minimum absolute atomic E-state index is 0.0121. The highest BCUT2D eigenvalue weighted by molar-refractivity contribution is 5.97. The number of carbonyl (C=O) groups excluding carboxylic acids is 2. The van der Waals surface area contributed by atoms with Gasteiger partial charge in [-0.1, -0.05) is 0 Å². The molecule has 0 saturated heterocycles. The zero-order valence-electron chi connectivity index (χ0n) is 17.2. The Hall–Kier alpha value is -4.22. The molecule has 1 amide bonds. The van der Waals surface area contributed by atoms with Crippen LogP contribution in [0.2, 0.25) is 0 Å². The summed E-state index contributed by atoms with van der Waals surface area (Å²) in [4.78, 5) is 57.2. The molecule has 0 fully saturated rings. The van der Waals surface area contributed by atoms with Gasteiger partial charge in [0.05, 0.1) is 6.04 Å². The molecule has 1 unspecified atom stereocenters. The summed E-state index contributed by atoms with van der Waals surface area (Å²) >= 11 is 0. The fourth-order valence-electron chi connectivity index (χ4n) is 3.00. The first-order valence-corrected chi connectivity index (χ1v) is 9.80. The van der Waals surface area contributed by atoms with Gasteiger partial charge in [-0.05, 0) is 37.6 Å². The number of hydrogen-bond acceptors (Lipinski definition) is 9. The molecule has 0 spiro atoms. The zero-order valence-corrected chi connectivity index (χ0v) is 17.2. The molecule has 2 atom stereocenters. The average molecular weight is 441 g/mol. The molecule has 1 aromatic carbocycles. The summed E-state index contributed by atoms with van der Waals surface area (Å²) in [5, 5.41) is 17.8.